The number of imide groups is 1. The fourth-order valence-corrected chi connectivity index (χ4v) is 2.97. The molecule has 1 saturated heterocycles. The van der Waals surface area contributed by atoms with Crippen molar-refractivity contribution >= 4 is 11.9 Å². The van der Waals surface area contributed by atoms with E-state index in [1.165, 1.54) is 37.5 Å². The Balaban J connectivity index is 1.52. The summed E-state index contributed by atoms with van der Waals surface area (Å²) >= 11 is 0. The first-order valence-electron chi connectivity index (χ1n) is 8.43. The van der Waals surface area contributed by atoms with Gasteiger partial charge < -0.3 is 19.0 Å². The highest BCUT2D eigenvalue weighted by molar-refractivity contribution is 6.07. The lowest BCUT2D eigenvalue weighted by atomic mass is 9.92. The van der Waals surface area contributed by atoms with E-state index in [1.54, 1.807) is 12.1 Å². The number of hydrogen-bond acceptors (Lipinski definition) is 7. The number of alkyl halides is 2. The van der Waals surface area contributed by atoms with Crippen molar-refractivity contribution < 1.29 is 32.0 Å². The molecule has 0 radical (unpaired) electrons. The van der Waals surface area contributed by atoms with Crippen LogP contribution in [0.5, 0.6) is 5.75 Å². The number of benzene rings is 1. The van der Waals surface area contributed by atoms with Crippen LogP contribution in [0.25, 0.3) is 11.6 Å². The van der Waals surface area contributed by atoms with Crippen LogP contribution >= 0.6 is 0 Å². The molecule has 1 aliphatic heterocycles. The Hall–Kier alpha value is -3.76. The van der Waals surface area contributed by atoms with Crippen molar-refractivity contribution in [1.82, 2.24) is 20.4 Å². The van der Waals surface area contributed by atoms with Crippen LogP contribution < -0.4 is 10.1 Å². The fraction of sp³-hybridized carbons (Fsp3) is 0.222. The van der Waals surface area contributed by atoms with Crippen LogP contribution in [0.15, 0.2) is 51.6 Å². The summed E-state index contributed by atoms with van der Waals surface area (Å²) in [6, 6.07) is 8.10. The number of nitrogens with zero attached hydrogens (tertiary/aromatic N) is 3. The number of urea groups is 1. The largest absolute Gasteiger partial charge is 0.461 e. The summed E-state index contributed by atoms with van der Waals surface area (Å²) in [5.41, 5.74) is -0.980. The molecular formula is C18H14F2N4O5. The first-order valence-corrected chi connectivity index (χ1v) is 8.43. The van der Waals surface area contributed by atoms with Crippen molar-refractivity contribution in [2.75, 3.05) is 0 Å². The van der Waals surface area contributed by atoms with E-state index in [9.17, 15) is 18.4 Å². The maximum Gasteiger partial charge on any atom is 0.387 e. The third kappa shape index (κ3) is 3.42. The second kappa shape index (κ2) is 7.00. The van der Waals surface area contributed by atoms with E-state index < -0.39 is 24.1 Å². The number of nitrogens with one attached hydrogen (secondary N) is 1. The van der Waals surface area contributed by atoms with Crippen molar-refractivity contribution in [2.45, 2.75) is 25.6 Å². The van der Waals surface area contributed by atoms with Gasteiger partial charge in [0.2, 0.25) is 11.7 Å². The summed E-state index contributed by atoms with van der Waals surface area (Å²) < 4.78 is 39.1. The maximum atomic E-state index is 12.9. The summed E-state index contributed by atoms with van der Waals surface area (Å²) in [7, 11) is 0. The van der Waals surface area contributed by atoms with Crippen molar-refractivity contribution in [2.24, 2.45) is 0 Å². The van der Waals surface area contributed by atoms with Crippen LogP contribution in [0, 0.1) is 0 Å². The average molecular weight is 404 g/mol. The summed E-state index contributed by atoms with van der Waals surface area (Å²) in [5.74, 6) is 0.00693. The van der Waals surface area contributed by atoms with Gasteiger partial charge in [-0.15, -0.1) is 0 Å². The van der Waals surface area contributed by atoms with E-state index in [0.717, 1.165) is 4.90 Å². The zero-order chi connectivity index (χ0) is 20.6. The van der Waals surface area contributed by atoms with E-state index in [-0.39, 0.29) is 24.0 Å². The maximum absolute atomic E-state index is 12.9. The Morgan fingerprint density at radius 1 is 1.24 bits per heavy atom. The zero-order valence-corrected chi connectivity index (χ0v) is 15.0. The van der Waals surface area contributed by atoms with Crippen LogP contribution in [0.3, 0.4) is 0 Å². The normalized spacial score (nSPS) is 19.1. The van der Waals surface area contributed by atoms with Crippen LogP contribution in [-0.4, -0.2) is 33.6 Å². The Morgan fingerprint density at radius 2 is 2.00 bits per heavy atom. The molecular weight excluding hydrogens is 390 g/mol. The predicted molar refractivity (Wildman–Crippen MR) is 91.5 cm³/mol. The third-order valence-corrected chi connectivity index (χ3v) is 4.43. The van der Waals surface area contributed by atoms with Gasteiger partial charge >= 0.3 is 12.6 Å². The van der Waals surface area contributed by atoms with Crippen LogP contribution in [0.2, 0.25) is 0 Å². The van der Waals surface area contributed by atoms with Crippen molar-refractivity contribution in [3.63, 3.8) is 0 Å². The highest BCUT2D eigenvalue weighted by Gasteiger charge is 2.49. The molecule has 3 aromatic rings. The molecule has 1 atom stereocenters. The number of carbonyl (C=O) groups is 2. The molecule has 1 aromatic carbocycles. The number of amides is 3. The minimum atomic E-state index is -2.96. The fourth-order valence-electron chi connectivity index (χ4n) is 2.97. The van der Waals surface area contributed by atoms with Gasteiger partial charge in [-0.2, -0.15) is 13.8 Å². The van der Waals surface area contributed by atoms with E-state index in [2.05, 4.69) is 20.2 Å². The zero-order valence-electron chi connectivity index (χ0n) is 15.0. The second-order valence-corrected chi connectivity index (χ2v) is 6.34. The molecule has 0 unspecified atom stereocenters. The molecule has 0 saturated carbocycles. The van der Waals surface area contributed by atoms with Gasteiger partial charge in [-0.1, -0.05) is 17.3 Å². The SMILES string of the molecule is C[C@]1(c2ccc(OC(F)F)cc2)NC(=O)N(Cc2nc(-c3ccco3)no2)C1=O. The Morgan fingerprint density at radius 3 is 2.66 bits per heavy atom. The number of hydrogen-bond donors (Lipinski definition) is 1. The van der Waals surface area contributed by atoms with Crippen LogP contribution in [-0.2, 0) is 16.9 Å². The number of halogens is 2. The van der Waals surface area contributed by atoms with Crippen LogP contribution in [0.4, 0.5) is 13.6 Å². The Kier molecular flexibility index (Phi) is 4.49. The Bertz CT molecular complexity index is 1030. The molecule has 3 heterocycles. The van der Waals surface area contributed by atoms with E-state index in [0.29, 0.717) is 11.3 Å². The lowest BCUT2D eigenvalue weighted by Gasteiger charge is -2.22. The molecule has 29 heavy (non-hydrogen) atoms. The molecule has 4 rings (SSSR count). The van der Waals surface area contributed by atoms with Gasteiger partial charge in [0.1, 0.15) is 17.8 Å². The lowest BCUT2D eigenvalue weighted by molar-refractivity contribution is -0.131. The molecule has 1 N–H and O–H groups in total. The minimum absolute atomic E-state index is 0.0461. The number of aromatic nitrogens is 2. The quantitative estimate of drug-likeness (QED) is 0.629. The average Bonchev–Trinajstić information content (AvgIpc) is 3.40. The minimum Gasteiger partial charge on any atom is -0.461 e. The first-order chi connectivity index (χ1) is 13.9. The predicted octanol–water partition coefficient (Wildman–Crippen LogP) is 2.90. The van der Waals surface area contributed by atoms with Crippen molar-refractivity contribution in [1.29, 1.82) is 0 Å². The molecule has 0 aliphatic carbocycles. The topological polar surface area (TPSA) is 111 Å². The van der Waals surface area contributed by atoms with Gasteiger partial charge in [0.15, 0.2) is 5.76 Å². The van der Waals surface area contributed by atoms with Crippen molar-refractivity contribution in [3.8, 4) is 17.3 Å². The highest BCUT2D eigenvalue weighted by Crippen LogP contribution is 2.31. The molecule has 11 heteroatoms. The number of ether oxygens (including phenoxy) is 1. The number of carbonyl (C=O) groups excluding carboxylic acids is 2. The molecule has 0 bridgehead atoms. The molecule has 0 spiro atoms. The summed E-state index contributed by atoms with van der Waals surface area (Å²) in [5, 5.41) is 6.36. The molecule has 1 fully saturated rings. The Labute approximate surface area is 162 Å². The molecule has 2 aromatic heterocycles. The van der Waals surface area contributed by atoms with E-state index >= 15 is 0 Å². The lowest BCUT2D eigenvalue weighted by Crippen LogP contribution is -2.40. The van der Waals surface area contributed by atoms with Gasteiger partial charge in [0.05, 0.1) is 6.26 Å². The van der Waals surface area contributed by atoms with Gasteiger partial charge in [0, 0.05) is 0 Å². The molecule has 3 amide bonds. The third-order valence-electron chi connectivity index (χ3n) is 4.43. The van der Waals surface area contributed by atoms with Crippen molar-refractivity contribution in [3.05, 3.63) is 54.1 Å². The van der Waals surface area contributed by atoms with Gasteiger partial charge in [0.25, 0.3) is 5.91 Å². The second-order valence-electron chi connectivity index (χ2n) is 6.34. The monoisotopic (exact) mass is 404 g/mol. The van der Waals surface area contributed by atoms with Gasteiger partial charge in [-0.3, -0.25) is 9.69 Å². The molecule has 150 valence electrons. The summed E-state index contributed by atoms with van der Waals surface area (Å²) in [6.45, 7) is -1.68. The van der Waals surface area contributed by atoms with E-state index in [4.69, 9.17) is 8.94 Å². The first kappa shape index (κ1) is 18.6. The summed E-state index contributed by atoms with van der Waals surface area (Å²) in [4.78, 5) is 30.4. The van der Waals surface area contributed by atoms with Gasteiger partial charge in [-0.05, 0) is 36.8 Å². The molecule has 9 nitrogen and oxygen atoms in total. The van der Waals surface area contributed by atoms with Crippen LogP contribution in [0.1, 0.15) is 18.4 Å². The van der Waals surface area contributed by atoms with E-state index in [1.807, 2.05) is 0 Å². The number of furan rings is 1. The number of rotatable bonds is 6. The summed E-state index contributed by atoms with van der Waals surface area (Å²) in [6.07, 6.45) is 1.45. The highest BCUT2D eigenvalue weighted by atomic mass is 19.3. The smallest absolute Gasteiger partial charge is 0.387 e. The molecule has 1 aliphatic rings. The van der Waals surface area contributed by atoms with Gasteiger partial charge in [-0.25, -0.2) is 4.79 Å². The standard InChI is InChI=1S/C18H14F2N4O5/c1-18(10-4-6-11(7-5-10)28-16(19)20)15(25)24(17(26)22-18)9-13-21-14(23-29-13)12-3-2-8-27-12/h2-8,16H,9H2,1H3,(H,22,26)/t18-/m1/s1.